The first kappa shape index (κ1) is 22.2. The Balaban J connectivity index is 1.37. The molecule has 35 heavy (non-hydrogen) atoms. The van der Waals surface area contributed by atoms with Gasteiger partial charge in [-0.15, -0.1) is 0 Å². The second-order valence-corrected chi connectivity index (χ2v) is 9.87. The van der Waals surface area contributed by atoms with Gasteiger partial charge in [-0.05, 0) is 62.6 Å². The Morgan fingerprint density at radius 3 is 2.49 bits per heavy atom. The number of hydrogen-bond donors (Lipinski definition) is 1. The summed E-state index contributed by atoms with van der Waals surface area (Å²) in [6.07, 6.45) is 7.99. The van der Waals surface area contributed by atoms with E-state index in [0.717, 1.165) is 77.7 Å². The molecule has 0 radical (unpaired) electrons. The minimum Gasteiger partial charge on any atom is -0.381 e. The van der Waals surface area contributed by atoms with Gasteiger partial charge in [0.1, 0.15) is 5.82 Å². The standard InChI is InChI=1S/C27H32N6O2/c1-28-19-8-10-32(11-9-19)25-7-5-18(15-30-25)17-4-6-23-22(12-17)26-24(16-29-23)31(2)27(34)33(26)20-13-21(14-20)35-3/h4-7,12,15-16,19-21,28H,8-11,13-14H2,1-3H3/t20-,21+. The predicted molar refractivity (Wildman–Crippen MR) is 139 cm³/mol. The van der Waals surface area contributed by atoms with Crippen LogP contribution in [0.15, 0.2) is 47.5 Å². The van der Waals surface area contributed by atoms with Crippen molar-refractivity contribution in [3.8, 4) is 11.1 Å². The van der Waals surface area contributed by atoms with Crippen LogP contribution in [0.4, 0.5) is 5.82 Å². The molecule has 1 aromatic carbocycles. The van der Waals surface area contributed by atoms with E-state index in [1.165, 1.54) is 0 Å². The smallest absolute Gasteiger partial charge is 0.329 e. The first-order valence-corrected chi connectivity index (χ1v) is 12.5. The van der Waals surface area contributed by atoms with Crippen molar-refractivity contribution in [1.29, 1.82) is 0 Å². The fourth-order valence-corrected chi connectivity index (χ4v) is 5.63. The Labute approximate surface area is 204 Å². The molecule has 2 aliphatic rings. The summed E-state index contributed by atoms with van der Waals surface area (Å²) in [5.41, 5.74) is 4.85. The Kier molecular flexibility index (Phi) is 5.57. The number of aromatic nitrogens is 4. The van der Waals surface area contributed by atoms with E-state index < -0.39 is 0 Å². The van der Waals surface area contributed by atoms with Crippen LogP contribution in [-0.4, -0.2) is 58.5 Å². The van der Waals surface area contributed by atoms with Crippen molar-refractivity contribution in [2.24, 2.45) is 7.05 Å². The lowest BCUT2D eigenvalue weighted by atomic mass is 9.89. The number of imidazole rings is 1. The van der Waals surface area contributed by atoms with Gasteiger partial charge in [0, 0.05) is 56.5 Å². The van der Waals surface area contributed by atoms with Crippen molar-refractivity contribution >= 4 is 27.8 Å². The zero-order valence-electron chi connectivity index (χ0n) is 20.6. The summed E-state index contributed by atoms with van der Waals surface area (Å²) in [6, 6.07) is 11.3. The van der Waals surface area contributed by atoms with E-state index in [1.54, 1.807) is 11.7 Å². The van der Waals surface area contributed by atoms with Crippen molar-refractivity contribution < 1.29 is 4.74 Å². The monoisotopic (exact) mass is 472 g/mol. The largest absolute Gasteiger partial charge is 0.381 e. The lowest BCUT2D eigenvalue weighted by Gasteiger charge is -2.34. The number of aryl methyl sites for hydroxylation is 1. The van der Waals surface area contributed by atoms with E-state index in [2.05, 4.69) is 39.5 Å². The summed E-state index contributed by atoms with van der Waals surface area (Å²) in [5.74, 6) is 1.03. The minimum atomic E-state index is 0.00678. The maximum atomic E-state index is 13.2. The Bertz CT molecular complexity index is 1430. The number of nitrogens with one attached hydrogen (secondary N) is 1. The summed E-state index contributed by atoms with van der Waals surface area (Å²) < 4.78 is 9.14. The summed E-state index contributed by atoms with van der Waals surface area (Å²) in [4.78, 5) is 25.0. The van der Waals surface area contributed by atoms with Crippen molar-refractivity contribution in [2.45, 2.75) is 43.9 Å². The zero-order chi connectivity index (χ0) is 24.1. The van der Waals surface area contributed by atoms with Gasteiger partial charge in [-0.25, -0.2) is 9.78 Å². The Hall–Kier alpha value is -3.23. The number of fused-ring (bicyclic) bond motifs is 3. The molecular formula is C27H32N6O2. The molecular weight excluding hydrogens is 440 g/mol. The van der Waals surface area contributed by atoms with Gasteiger partial charge in [0.2, 0.25) is 0 Å². The average Bonchev–Trinajstić information content (AvgIpc) is 3.13. The molecule has 4 aromatic rings. The number of pyridine rings is 2. The normalized spacial score (nSPS) is 21.1. The van der Waals surface area contributed by atoms with Crippen molar-refractivity contribution in [3.63, 3.8) is 0 Å². The highest BCUT2D eigenvalue weighted by Crippen LogP contribution is 2.37. The molecule has 6 rings (SSSR count). The maximum Gasteiger partial charge on any atom is 0.329 e. The third-order valence-electron chi connectivity index (χ3n) is 7.99. The molecule has 3 aromatic heterocycles. The molecule has 182 valence electrons. The van der Waals surface area contributed by atoms with Crippen LogP contribution in [0, 0.1) is 0 Å². The van der Waals surface area contributed by atoms with Crippen LogP contribution in [0.2, 0.25) is 0 Å². The first-order valence-electron chi connectivity index (χ1n) is 12.5. The number of anilines is 1. The molecule has 8 heteroatoms. The highest BCUT2D eigenvalue weighted by Gasteiger charge is 2.33. The van der Waals surface area contributed by atoms with Crippen LogP contribution >= 0.6 is 0 Å². The summed E-state index contributed by atoms with van der Waals surface area (Å²) in [7, 11) is 5.60. The van der Waals surface area contributed by atoms with Gasteiger partial charge in [-0.2, -0.15) is 0 Å². The number of nitrogens with zero attached hydrogens (tertiary/aromatic N) is 5. The Morgan fingerprint density at radius 2 is 1.80 bits per heavy atom. The predicted octanol–water partition coefficient (Wildman–Crippen LogP) is 3.49. The van der Waals surface area contributed by atoms with E-state index >= 15 is 0 Å². The van der Waals surface area contributed by atoms with Crippen LogP contribution < -0.4 is 15.9 Å². The lowest BCUT2D eigenvalue weighted by molar-refractivity contribution is 0.00635. The van der Waals surface area contributed by atoms with Gasteiger partial charge in [0.15, 0.2) is 0 Å². The van der Waals surface area contributed by atoms with Gasteiger partial charge in [0.25, 0.3) is 0 Å². The van der Waals surface area contributed by atoms with E-state index in [1.807, 2.05) is 37.1 Å². The topological polar surface area (TPSA) is 77.2 Å². The van der Waals surface area contributed by atoms with Gasteiger partial charge in [0.05, 0.1) is 28.9 Å². The maximum absolute atomic E-state index is 13.2. The highest BCUT2D eigenvalue weighted by molar-refractivity contribution is 6.04. The first-order chi connectivity index (χ1) is 17.1. The molecule has 0 atom stereocenters. The minimum absolute atomic E-state index is 0.00678. The van der Waals surface area contributed by atoms with Gasteiger partial charge in [-0.1, -0.05) is 6.07 Å². The van der Waals surface area contributed by atoms with Crippen LogP contribution in [0.5, 0.6) is 0 Å². The van der Waals surface area contributed by atoms with E-state index in [-0.39, 0.29) is 17.8 Å². The number of methoxy groups -OCH3 is 1. The van der Waals surface area contributed by atoms with Crippen LogP contribution in [-0.2, 0) is 11.8 Å². The second kappa shape index (κ2) is 8.77. The van der Waals surface area contributed by atoms with Gasteiger partial charge in [-0.3, -0.25) is 14.1 Å². The van der Waals surface area contributed by atoms with Crippen molar-refractivity contribution in [1.82, 2.24) is 24.4 Å². The average molecular weight is 473 g/mol. The third kappa shape index (κ3) is 3.72. The van der Waals surface area contributed by atoms with E-state index in [0.29, 0.717) is 6.04 Å². The number of piperidine rings is 1. The number of benzene rings is 1. The molecule has 1 saturated carbocycles. The summed E-state index contributed by atoms with van der Waals surface area (Å²) in [6.45, 7) is 2.04. The third-order valence-corrected chi connectivity index (χ3v) is 7.99. The fraction of sp³-hybridized carbons (Fsp3) is 0.444. The highest BCUT2D eigenvalue weighted by atomic mass is 16.5. The number of rotatable bonds is 5. The Morgan fingerprint density at radius 1 is 1.03 bits per heavy atom. The molecule has 1 aliphatic heterocycles. The summed E-state index contributed by atoms with van der Waals surface area (Å²) in [5, 5.41) is 4.38. The van der Waals surface area contributed by atoms with Gasteiger partial charge >= 0.3 is 5.69 Å². The molecule has 8 nitrogen and oxygen atoms in total. The molecule has 0 bridgehead atoms. The molecule has 0 unspecified atom stereocenters. The lowest BCUT2D eigenvalue weighted by Crippen LogP contribution is -2.41. The quantitative estimate of drug-likeness (QED) is 0.479. The molecule has 1 saturated heterocycles. The zero-order valence-corrected chi connectivity index (χ0v) is 20.6. The number of ether oxygens (including phenoxy) is 1. The van der Waals surface area contributed by atoms with Crippen molar-refractivity contribution in [3.05, 3.63) is 53.2 Å². The van der Waals surface area contributed by atoms with Crippen molar-refractivity contribution in [2.75, 3.05) is 32.1 Å². The van der Waals surface area contributed by atoms with E-state index in [4.69, 9.17) is 9.72 Å². The van der Waals surface area contributed by atoms with Gasteiger partial charge < -0.3 is 15.0 Å². The van der Waals surface area contributed by atoms with Crippen LogP contribution in [0.1, 0.15) is 31.7 Å². The molecule has 4 heterocycles. The molecule has 0 amide bonds. The SMILES string of the molecule is CNC1CCN(c2ccc(-c3ccc4ncc5c(c4c3)n([C@H]3C[C@@H](OC)C3)c(=O)n5C)cn2)CC1. The molecule has 1 aliphatic carbocycles. The van der Waals surface area contributed by atoms with E-state index in [9.17, 15) is 4.79 Å². The molecule has 2 fully saturated rings. The van der Waals surface area contributed by atoms with Crippen LogP contribution in [0.25, 0.3) is 33.1 Å². The second-order valence-electron chi connectivity index (χ2n) is 9.87. The molecule has 1 N–H and O–H groups in total. The van der Waals surface area contributed by atoms with Crippen LogP contribution in [0.3, 0.4) is 0 Å². The fourth-order valence-electron chi connectivity index (χ4n) is 5.63. The molecule has 0 spiro atoms. The number of hydrogen-bond acceptors (Lipinski definition) is 6. The summed E-state index contributed by atoms with van der Waals surface area (Å²) >= 11 is 0.